The highest BCUT2D eigenvalue weighted by molar-refractivity contribution is 5.35. The minimum absolute atomic E-state index is 0.104. The van der Waals surface area contributed by atoms with Crippen molar-refractivity contribution in [3.63, 3.8) is 0 Å². The molecule has 6 heteroatoms. The van der Waals surface area contributed by atoms with E-state index in [0.29, 0.717) is 43.9 Å². The average Bonchev–Trinajstić information content (AvgIpc) is 2.75. The van der Waals surface area contributed by atoms with Crippen molar-refractivity contribution in [2.45, 2.75) is 37.5 Å². The van der Waals surface area contributed by atoms with Gasteiger partial charge in [0.1, 0.15) is 11.6 Å². The van der Waals surface area contributed by atoms with Crippen molar-refractivity contribution in [3.05, 3.63) is 65.5 Å². The van der Waals surface area contributed by atoms with Crippen LogP contribution in [0.5, 0.6) is 5.75 Å². The second kappa shape index (κ2) is 10.2. The zero-order valence-corrected chi connectivity index (χ0v) is 16.8. The molecule has 0 bridgehead atoms. The summed E-state index contributed by atoms with van der Waals surface area (Å²) in [7, 11) is 1.52. The molecule has 1 saturated heterocycles. The molecular formula is C23H30FNO4. The lowest BCUT2D eigenvalue weighted by atomic mass is 9.74. The molecule has 5 nitrogen and oxygen atoms in total. The molecule has 0 saturated carbocycles. The number of methoxy groups -OCH3 is 1. The number of rotatable bonds is 9. The lowest BCUT2D eigenvalue weighted by Crippen LogP contribution is -2.55. The van der Waals surface area contributed by atoms with Crippen LogP contribution in [0.15, 0.2) is 48.5 Å². The van der Waals surface area contributed by atoms with E-state index in [1.165, 1.54) is 19.2 Å². The van der Waals surface area contributed by atoms with Gasteiger partial charge in [-0.3, -0.25) is 0 Å². The van der Waals surface area contributed by atoms with Crippen molar-refractivity contribution in [1.82, 2.24) is 5.32 Å². The highest BCUT2D eigenvalue weighted by Crippen LogP contribution is 2.36. The first kappa shape index (κ1) is 21.7. The topological polar surface area (TPSA) is 71.0 Å². The van der Waals surface area contributed by atoms with Gasteiger partial charge in [-0.1, -0.05) is 30.3 Å². The third kappa shape index (κ3) is 5.54. The Labute approximate surface area is 171 Å². The Balaban J connectivity index is 1.76. The largest absolute Gasteiger partial charge is 0.496 e. The van der Waals surface area contributed by atoms with Crippen molar-refractivity contribution < 1.29 is 24.1 Å². The van der Waals surface area contributed by atoms with Crippen molar-refractivity contribution in [3.8, 4) is 5.75 Å². The van der Waals surface area contributed by atoms with E-state index in [1.807, 2.05) is 30.3 Å². The Morgan fingerprint density at radius 2 is 1.93 bits per heavy atom. The van der Waals surface area contributed by atoms with E-state index in [9.17, 15) is 14.6 Å². The summed E-state index contributed by atoms with van der Waals surface area (Å²) < 4.78 is 24.6. The van der Waals surface area contributed by atoms with Gasteiger partial charge in [-0.2, -0.15) is 0 Å². The van der Waals surface area contributed by atoms with E-state index in [1.54, 1.807) is 6.07 Å². The summed E-state index contributed by atoms with van der Waals surface area (Å²) in [5, 5.41) is 25.9. The van der Waals surface area contributed by atoms with E-state index >= 15 is 0 Å². The first-order chi connectivity index (χ1) is 14.0. The molecule has 29 heavy (non-hydrogen) atoms. The first-order valence-corrected chi connectivity index (χ1v) is 10.1. The highest BCUT2D eigenvalue weighted by Gasteiger charge is 2.44. The van der Waals surface area contributed by atoms with Crippen LogP contribution in [0, 0.1) is 11.7 Å². The minimum atomic E-state index is -1.42. The standard InChI is InChI=1S/C23H30FNO4/c1-28-21-8-7-20(24)13-18(21)14-23(27,19-9-11-29-12-10-19)22(26)16-25-15-17-5-3-2-4-6-17/h2-8,13,19,22,25-27H,9-12,14-16H2,1H3. The Bertz CT molecular complexity index is 767. The smallest absolute Gasteiger partial charge is 0.123 e. The molecule has 0 aromatic heterocycles. The SMILES string of the molecule is COc1ccc(F)cc1CC(O)(C(O)CNCc1ccccc1)C1CCOCC1. The van der Waals surface area contributed by atoms with Gasteiger partial charge < -0.3 is 25.0 Å². The number of ether oxygens (including phenoxy) is 2. The van der Waals surface area contributed by atoms with Gasteiger partial charge in [-0.15, -0.1) is 0 Å². The molecule has 2 aromatic carbocycles. The van der Waals surface area contributed by atoms with Crippen LogP contribution in [-0.2, 0) is 17.7 Å². The number of nitrogens with one attached hydrogen (secondary N) is 1. The maximum absolute atomic E-state index is 13.9. The number of aliphatic hydroxyl groups is 2. The van der Waals surface area contributed by atoms with Gasteiger partial charge in [-0.25, -0.2) is 4.39 Å². The normalized spacial score (nSPS) is 18.2. The molecule has 0 radical (unpaired) electrons. The predicted octanol–water partition coefficient (Wildman–Crippen LogP) is 2.69. The first-order valence-electron chi connectivity index (χ1n) is 10.1. The maximum atomic E-state index is 13.9. The number of hydrogen-bond acceptors (Lipinski definition) is 5. The summed E-state index contributed by atoms with van der Waals surface area (Å²) in [6, 6.07) is 14.1. The number of halogens is 1. The van der Waals surface area contributed by atoms with Crippen molar-refractivity contribution in [1.29, 1.82) is 0 Å². The molecule has 0 aliphatic carbocycles. The molecular weight excluding hydrogens is 373 g/mol. The van der Waals surface area contributed by atoms with Gasteiger partial charge in [0.15, 0.2) is 0 Å². The summed E-state index contributed by atoms with van der Waals surface area (Å²) in [6.45, 7) is 1.89. The quantitative estimate of drug-likeness (QED) is 0.601. The monoisotopic (exact) mass is 403 g/mol. The van der Waals surface area contributed by atoms with Gasteiger partial charge >= 0.3 is 0 Å². The van der Waals surface area contributed by atoms with Crippen molar-refractivity contribution in [2.75, 3.05) is 26.9 Å². The van der Waals surface area contributed by atoms with Gasteiger partial charge in [0.2, 0.25) is 0 Å². The molecule has 2 aromatic rings. The van der Waals surface area contributed by atoms with Crippen LogP contribution >= 0.6 is 0 Å². The maximum Gasteiger partial charge on any atom is 0.123 e. The summed E-state index contributed by atoms with van der Waals surface area (Å²) in [6.07, 6.45) is 0.364. The molecule has 2 atom stereocenters. The Hall–Kier alpha value is -1.99. The fourth-order valence-corrected chi connectivity index (χ4v) is 4.05. The summed E-state index contributed by atoms with van der Waals surface area (Å²) in [4.78, 5) is 0. The molecule has 1 fully saturated rings. The van der Waals surface area contributed by atoms with Crippen LogP contribution < -0.4 is 10.1 Å². The average molecular weight is 403 g/mol. The Kier molecular flexibility index (Phi) is 7.61. The molecule has 2 unspecified atom stereocenters. The number of aliphatic hydroxyl groups excluding tert-OH is 1. The van der Waals surface area contributed by atoms with E-state index in [2.05, 4.69) is 5.32 Å². The predicted molar refractivity (Wildman–Crippen MR) is 109 cm³/mol. The third-order valence-electron chi connectivity index (χ3n) is 5.73. The summed E-state index contributed by atoms with van der Waals surface area (Å²) >= 11 is 0. The Morgan fingerprint density at radius 3 is 2.62 bits per heavy atom. The molecule has 0 amide bonds. The third-order valence-corrected chi connectivity index (χ3v) is 5.73. The lowest BCUT2D eigenvalue weighted by molar-refractivity contribution is -0.134. The number of hydrogen-bond donors (Lipinski definition) is 3. The van der Waals surface area contributed by atoms with Crippen LogP contribution in [0.1, 0.15) is 24.0 Å². The van der Waals surface area contributed by atoms with E-state index in [0.717, 1.165) is 5.56 Å². The highest BCUT2D eigenvalue weighted by atomic mass is 19.1. The number of benzene rings is 2. The van der Waals surface area contributed by atoms with E-state index in [-0.39, 0.29) is 18.9 Å². The summed E-state index contributed by atoms with van der Waals surface area (Å²) in [5.41, 5.74) is 0.221. The van der Waals surface area contributed by atoms with Crippen LogP contribution in [0.3, 0.4) is 0 Å². The molecule has 3 rings (SSSR count). The molecule has 1 aliphatic heterocycles. The van der Waals surface area contributed by atoms with Crippen molar-refractivity contribution >= 4 is 0 Å². The van der Waals surface area contributed by atoms with Gasteiger partial charge in [0.25, 0.3) is 0 Å². The fourth-order valence-electron chi connectivity index (χ4n) is 4.05. The van der Waals surface area contributed by atoms with Crippen LogP contribution in [-0.4, -0.2) is 48.8 Å². The molecule has 1 aliphatic rings. The molecule has 0 spiro atoms. The zero-order chi connectivity index (χ0) is 20.7. The van der Waals surface area contributed by atoms with Crippen LogP contribution in [0.2, 0.25) is 0 Å². The fraction of sp³-hybridized carbons (Fsp3) is 0.478. The molecule has 1 heterocycles. The van der Waals surface area contributed by atoms with E-state index in [4.69, 9.17) is 9.47 Å². The lowest BCUT2D eigenvalue weighted by Gasteiger charge is -2.42. The minimum Gasteiger partial charge on any atom is -0.496 e. The van der Waals surface area contributed by atoms with Crippen LogP contribution in [0.25, 0.3) is 0 Å². The van der Waals surface area contributed by atoms with Gasteiger partial charge in [0.05, 0.1) is 18.8 Å². The second-order valence-electron chi connectivity index (χ2n) is 7.64. The van der Waals surface area contributed by atoms with Gasteiger partial charge in [-0.05, 0) is 48.1 Å². The van der Waals surface area contributed by atoms with E-state index < -0.39 is 17.5 Å². The second-order valence-corrected chi connectivity index (χ2v) is 7.64. The van der Waals surface area contributed by atoms with Crippen LogP contribution in [0.4, 0.5) is 4.39 Å². The summed E-state index contributed by atoms with van der Waals surface area (Å²) in [5.74, 6) is -0.0501. The molecule has 3 N–H and O–H groups in total. The Morgan fingerprint density at radius 1 is 1.21 bits per heavy atom. The molecule has 158 valence electrons. The van der Waals surface area contributed by atoms with Gasteiger partial charge in [0, 0.05) is 32.7 Å². The zero-order valence-electron chi connectivity index (χ0n) is 16.8. The van der Waals surface area contributed by atoms with Crippen molar-refractivity contribution in [2.24, 2.45) is 5.92 Å².